The third-order valence-electron chi connectivity index (χ3n) is 2.54. The molecule has 0 radical (unpaired) electrons. The maximum atomic E-state index is 12.3. The predicted molar refractivity (Wildman–Crippen MR) is 73.4 cm³/mol. The number of hydrogen-bond donors (Lipinski definition) is 1. The molecule has 0 aliphatic carbocycles. The van der Waals surface area contributed by atoms with Crippen LogP contribution in [0.5, 0.6) is 0 Å². The maximum absolute atomic E-state index is 12.3. The molecule has 0 unspecified atom stereocenters. The highest BCUT2D eigenvalue weighted by Crippen LogP contribution is 2.24. The van der Waals surface area contributed by atoms with Crippen molar-refractivity contribution in [2.45, 2.75) is 18.4 Å². The molecular formula is C11H20N2O3S2. The van der Waals surface area contributed by atoms with E-state index in [2.05, 4.69) is 5.32 Å². The van der Waals surface area contributed by atoms with Gasteiger partial charge in [-0.25, -0.2) is 8.42 Å². The SMILES string of the molecule is CCNCc1sccc1S(=O)(=O)N(C)CCOC. The molecule has 7 heteroatoms. The van der Waals surface area contributed by atoms with Crippen LogP contribution in [0, 0.1) is 0 Å². The molecule has 0 saturated heterocycles. The molecule has 0 atom stereocenters. The van der Waals surface area contributed by atoms with Crippen LogP contribution in [0.2, 0.25) is 0 Å². The molecule has 0 amide bonds. The molecule has 0 spiro atoms. The van der Waals surface area contributed by atoms with Crippen LogP contribution in [-0.2, 0) is 21.3 Å². The van der Waals surface area contributed by atoms with Crippen molar-refractivity contribution in [3.05, 3.63) is 16.3 Å². The summed E-state index contributed by atoms with van der Waals surface area (Å²) in [5.74, 6) is 0. The fourth-order valence-corrected chi connectivity index (χ4v) is 3.97. The van der Waals surface area contributed by atoms with Crippen LogP contribution in [0.4, 0.5) is 0 Å². The van der Waals surface area contributed by atoms with Crippen molar-refractivity contribution < 1.29 is 13.2 Å². The Bertz CT molecular complexity index is 457. The first-order valence-electron chi connectivity index (χ1n) is 5.76. The van der Waals surface area contributed by atoms with Crippen molar-refractivity contribution in [2.75, 3.05) is 33.9 Å². The average Bonchev–Trinajstić information content (AvgIpc) is 2.82. The van der Waals surface area contributed by atoms with Gasteiger partial charge in [-0.05, 0) is 18.0 Å². The van der Waals surface area contributed by atoms with E-state index in [4.69, 9.17) is 4.74 Å². The molecule has 0 aliphatic heterocycles. The standard InChI is InChI=1S/C11H20N2O3S2/c1-4-12-9-10-11(5-8-17-10)18(14,15)13(2)6-7-16-3/h5,8,12H,4,6-7,9H2,1-3H3. The Morgan fingerprint density at radius 2 is 2.22 bits per heavy atom. The summed E-state index contributed by atoms with van der Waals surface area (Å²) in [4.78, 5) is 1.24. The summed E-state index contributed by atoms with van der Waals surface area (Å²) in [5, 5.41) is 4.96. The molecule has 1 N–H and O–H groups in total. The van der Waals surface area contributed by atoms with Gasteiger partial charge in [-0.1, -0.05) is 6.92 Å². The van der Waals surface area contributed by atoms with E-state index in [0.717, 1.165) is 11.4 Å². The number of nitrogens with zero attached hydrogens (tertiary/aromatic N) is 1. The minimum Gasteiger partial charge on any atom is -0.383 e. The number of rotatable bonds is 8. The average molecular weight is 292 g/mol. The van der Waals surface area contributed by atoms with Crippen molar-refractivity contribution in [1.82, 2.24) is 9.62 Å². The minimum atomic E-state index is -3.41. The Balaban J connectivity index is 2.87. The highest BCUT2D eigenvalue weighted by molar-refractivity contribution is 7.89. The van der Waals surface area contributed by atoms with E-state index in [1.54, 1.807) is 20.2 Å². The second-order valence-electron chi connectivity index (χ2n) is 3.81. The van der Waals surface area contributed by atoms with Crippen molar-refractivity contribution in [3.8, 4) is 0 Å². The topological polar surface area (TPSA) is 58.6 Å². The Labute approximate surface area is 113 Å². The van der Waals surface area contributed by atoms with Crippen LogP contribution in [-0.4, -0.2) is 46.6 Å². The Hall–Kier alpha value is -0.470. The lowest BCUT2D eigenvalue weighted by Crippen LogP contribution is -2.30. The van der Waals surface area contributed by atoms with Crippen LogP contribution >= 0.6 is 11.3 Å². The lowest BCUT2D eigenvalue weighted by molar-refractivity contribution is 0.185. The number of likely N-dealkylation sites (N-methyl/N-ethyl adjacent to an activating group) is 1. The molecule has 18 heavy (non-hydrogen) atoms. The van der Waals surface area contributed by atoms with Crippen LogP contribution in [0.15, 0.2) is 16.3 Å². The number of ether oxygens (including phenoxy) is 1. The Morgan fingerprint density at radius 3 is 2.83 bits per heavy atom. The van der Waals surface area contributed by atoms with Gasteiger partial charge in [0.05, 0.1) is 11.5 Å². The van der Waals surface area contributed by atoms with Gasteiger partial charge in [0.25, 0.3) is 0 Å². The fourth-order valence-electron chi connectivity index (χ4n) is 1.43. The molecule has 104 valence electrons. The van der Waals surface area contributed by atoms with Crippen molar-refractivity contribution in [2.24, 2.45) is 0 Å². The van der Waals surface area contributed by atoms with E-state index in [0.29, 0.717) is 24.6 Å². The first kappa shape index (κ1) is 15.6. The fraction of sp³-hybridized carbons (Fsp3) is 0.636. The zero-order chi connectivity index (χ0) is 13.6. The molecule has 0 aliphatic rings. The number of sulfonamides is 1. The molecule has 0 fully saturated rings. The van der Waals surface area contributed by atoms with Crippen molar-refractivity contribution in [3.63, 3.8) is 0 Å². The Kier molecular flexibility index (Phi) is 6.24. The second kappa shape index (κ2) is 7.20. The lowest BCUT2D eigenvalue weighted by Gasteiger charge is -2.17. The zero-order valence-corrected chi connectivity index (χ0v) is 12.6. The van der Waals surface area contributed by atoms with Crippen LogP contribution in [0.25, 0.3) is 0 Å². The summed E-state index contributed by atoms with van der Waals surface area (Å²) in [7, 11) is -0.276. The largest absolute Gasteiger partial charge is 0.383 e. The first-order chi connectivity index (χ1) is 8.54. The van der Waals surface area contributed by atoms with Gasteiger partial charge >= 0.3 is 0 Å². The van der Waals surface area contributed by atoms with Gasteiger partial charge in [0.15, 0.2) is 0 Å². The monoisotopic (exact) mass is 292 g/mol. The molecule has 1 aromatic rings. The summed E-state index contributed by atoms with van der Waals surface area (Å²) in [6.07, 6.45) is 0. The quantitative estimate of drug-likeness (QED) is 0.780. The van der Waals surface area contributed by atoms with E-state index in [9.17, 15) is 8.42 Å². The van der Waals surface area contributed by atoms with Gasteiger partial charge in [-0.3, -0.25) is 0 Å². The molecule has 0 aromatic carbocycles. The van der Waals surface area contributed by atoms with Gasteiger partial charge in [-0.2, -0.15) is 4.31 Å². The van der Waals surface area contributed by atoms with Crippen molar-refractivity contribution >= 4 is 21.4 Å². The normalized spacial score (nSPS) is 12.2. The third-order valence-corrected chi connectivity index (χ3v) is 5.53. The van der Waals surface area contributed by atoms with Gasteiger partial charge < -0.3 is 10.1 Å². The van der Waals surface area contributed by atoms with Gasteiger partial charge in [0.2, 0.25) is 10.0 Å². The molecule has 5 nitrogen and oxygen atoms in total. The lowest BCUT2D eigenvalue weighted by atomic mass is 10.4. The summed E-state index contributed by atoms with van der Waals surface area (Å²) in [6.45, 7) is 4.14. The number of methoxy groups -OCH3 is 1. The molecule has 0 bridgehead atoms. The highest BCUT2D eigenvalue weighted by Gasteiger charge is 2.24. The zero-order valence-electron chi connectivity index (χ0n) is 11.0. The van der Waals surface area contributed by atoms with Gasteiger partial charge in [0, 0.05) is 32.1 Å². The summed E-state index contributed by atoms with van der Waals surface area (Å²) < 4.78 is 30.9. The van der Waals surface area contributed by atoms with Crippen molar-refractivity contribution in [1.29, 1.82) is 0 Å². The van der Waals surface area contributed by atoms with Gasteiger partial charge in [-0.15, -0.1) is 11.3 Å². The smallest absolute Gasteiger partial charge is 0.244 e. The van der Waals surface area contributed by atoms with E-state index < -0.39 is 10.0 Å². The Morgan fingerprint density at radius 1 is 1.50 bits per heavy atom. The van der Waals surface area contributed by atoms with Gasteiger partial charge in [0.1, 0.15) is 0 Å². The molecule has 1 heterocycles. The summed E-state index contributed by atoms with van der Waals surface area (Å²) in [5.41, 5.74) is 0. The summed E-state index contributed by atoms with van der Waals surface area (Å²) in [6, 6.07) is 1.66. The van der Waals surface area contributed by atoms with E-state index in [1.807, 2.05) is 12.3 Å². The number of nitrogens with one attached hydrogen (secondary N) is 1. The van der Waals surface area contributed by atoms with Crippen LogP contribution in [0.3, 0.4) is 0 Å². The minimum absolute atomic E-state index is 0.356. The van der Waals surface area contributed by atoms with Crippen LogP contribution < -0.4 is 5.32 Å². The first-order valence-corrected chi connectivity index (χ1v) is 8.08. The molecule has 0 saturated carbocycles. The molecular weight excluding hydrogens is 272 g/mol. The maximum Gasteiger partial charge on any atom is 0.244 e. The molecule has 1 rings (SSSR count). The number of hydrogen-bond acceptors (Lipinski definition) is 5. The van der Waals surface area contributed by atoms with E-state index in [-0.39, 0.29) is 0 Å². The summed E-state index contributed by atoms with van der Waals surface area (Å²) >= 11 is 1.46. The van der Waals surface area contributed by atoms with E-state index in [1.165, 1.54) is 15.6 Å². The second-order valence-corrected chi connectivity index (χ2v) is 6.82. The molecule has 1 aromatic heterocycles. The third kappa shape index (κ3) is 3.76. The van der Waals surface area contributed by atoms with E-state index >= 15 is 0 Å². The highest BCUT2D eigenvalue weighted by atomic mass is 32.2. The van der Waals surface area contributed by atoms with Crippen LogP contribution in [0.1, 0.15) is 11.8 Å². The predicted octanol–water partition coefficient (Wildman–Crippen LogP) is 1.12. The number of thiophene rings is 1.